The first-order valence-corrected chi connectivity index (χ1v) is 5.89. The summed E-state index contributed by atoms with van der Waals surface area (Å²) in [7, 11) is 1.66. The smallest absolute Gasteiger partial charge is 0.314 e. The number of likely N-dealkylation sites (N-methyl/N-ethyl adjacent to an activating group) is 1. The molecular weight excluding hydrogens is 222 g/mol. The molecule has 6 nitrogen and oxygen atoms in total. The molecule has 17 heavy (non-hydrogen) atoms. The van der Waals surface area contributed by atoms with Crippen molar-refractivity contribution in [3.8, 4) is 0 Å². The van der Waals surface area contributed by atoms with E-state index in [4.69, 9.17) is 5.73 Å². The van der Waals surface area contributed by atoms with Crippen molar-refractivity contribution in [2.24, 2.45) is 11.7 Å². The van der Waals surface area contributed by atoms with Crippen LogP contribution in [0.4, 0.5) is 4.79 Å². The topological polar surface area (TPSA) is 86.9 Å². The molecule has 1 aliphatic heterocycles. The van der Waals surface area contributed by atoms with Crippen molar-refractivity contribution in [1.29, 1.82) is 0 Å². The Morgan fingerprint density at radius 2 is 2.24 bits per heavy atom. The quantitative estimate of drug-likeness (QED) is 0.708. The number of nitrogens with zero attached hydrogens (tertiary/aromatic N) is 2. The second kappa shape index (κ2) is 5.86. The van der Waals surface area contributed by atoms with E-state index < -0.39 is 12.1 Å². The van der Waals surface area contributed by atoms with Gasteiger partial charge in [0.05, 0.1) is 12.0 Å². The standard InChI is InChI=1S/C11H21N3O3/c1-8(15)6-13(2)10(16)9-4-3-5-14(7-9)11(12)17/h8-9,15H,3-7H2,1-2H3,(H2,12,17). The van der Waals surface area contributed by atoms with Crippen molar-refractivity contribution in [2.45, 2.75) is 25.9 Å². The Morgan fingerprint density at radius 3 is 2.76 bits per heavy atom. The zero-order valence-electron chi connectivity index (χ0n) is 10.4. The molecule has 1 rings (SSSR count). The molecule has 0 bridgehead atoms. The number of piperidine rings is 1. The second-order valence-corrected chi connectivity index (χ2v) is 4.69. The average molecular weight is 243 g/mol. The van der Waals surface area contributed by atoms with Gasteiger partial charge in [0.1, 0.15) is 0 Å². The summed E-state index contributed by atoms with van der Waals surface area (Å²) in [5.74, 6) is -0.225. The molecule has 0 aromatic carbocycles. The van der Waals surface area contributed by atoms with Gasteiger partial charge in [-0.1, -0.05) is 0 Å². The summed E-state index contributed by atoms with van der Waals surface area (Å²) < 4.78 is 0. The Bertz CT molecular complexity index is 294. The van der Waals surface area contributed by atoms with E-state index in [1.165, 1.54) is 9.80 Å². The van der Waals surface area contributed by atoms with E-state index in [2.05, 4.69) is 0 Å². The molecule has 3 amide bonds. The first-order valence-electron chi connectivity index (χ1n) is 5.89. The molecule has 1 heterocycles. The molecule has 0 aromatic heterocycles. The van der Waals surface area contributed by atoms with Gasteiger partial charge in [0, 0.05) is 26.7 Å². The summed E-state index contributed by atoms with van der Waals surface area (Å²) in [6.45, 7) is 2.96. The van der Waals surface area contributed by atoms with E-state index in [0.717, 1.165) is 12.8 Å². The van der Waals surface area contributed by atoms with Crippen LogP contribution in [0.1, 0.15) is 19.8 Å². The fraction of sp³-hybridized carbons (Fsp3) is 0.818. The molecule has 3 N–H and O–H groups in total. The summed E-state index contributed by atoms with van der Waals surface area (Å²) in [5.41, 5.74) is 5.21. The van der Waals surface area contributed by atoms with Gasteiger partial charge in [0.2, 0.25) is 5.91 Å². The third-order valence-corrected chi connectivity index (χ3v) is 3.00. The zero-order valence-corrected chi connectivity index (χ0v) is 10.4. The Labute approximate surface area is 101 Å². The van der Waals surface area contributed by atoms with Crippen LogP contribution in [0.25, 0.3) is 0 Å². The van der Waals surface area contributed by atoms with Gasteiger partial charge in [-0.3, -0.25) is 4.79 Å². The van der Waals surface area contributed by atoms with Gasteiger partial charge in [-0.15, -0.1) is 0 Å². The fourth-order valence-electron chi connectivity index (χ4n) is 2.18. The molecule has 0 aliphatic carbocycles. The molecule has 2 unspecified atom stereocenters. The lowest BCUT2D eigenvalue weighted by atomic mass is 9.97. The number of carbonyl (C=O) groups is 2. The number of rotatable bonds is 3. The van der Waals surface area contributed by atoms with Crippen molar-refractivity contribution in [3.63, 3.8) is 0 Å². The van der Waals surface area contributed by atoms with Crippen molar-refractivity contribution >= 4 is 11.9 Å². The van der Waals surface area contributed by atoms with E-state index in [9.17, 15) is 14.7 Å². The zero-order chi connectivity index (χ0) is 13.0. The number of hydrogen-bond donors (Lipinski definition) is 2. The normalized spacial score (nSPS) is 22.1. The lowest BCUT2D eigenvalue weighted by Crippen LogP contribution is -2.48. The van der Waals surface area contributed by atoms with Crippen molar-refractivity contribution in [3.05, 3.63) is 0 Å². The van der Waals surface area contributed by atoms with Crippen LogP contribution in [-0.2, 0) is 4.79 Å². The van der Waals surface area contributed by atoms with Crippen LogP contribution in [0.3, 0.4) is 0 Å². The van der Waals surface area contributed by atoms with Crippen LogP contribution < -0.4 is 5.73 Å². The molecule has 1 saturated heterocycles. The predicted octanol–water partition coefficient (Wildman–Crippen LogP) is -0.384. The highest BCUT2D eigenvalue weighted by Gasteiger charge is 2.29. The molecular formula is C11H21N3O3. The summed E-state index contributed by atoms with van der Waals surface area (Å²) in [6.07, 6.45) is 1.02. The minimum Gasteiger partial charge on any atom is -0.392 e. The third-order valence-electron chi connectivity index (χ3n) is 3.00. The number of likely N-dealkylation sites (tertiary alicyclic amines) is 1. The van der Waals surface area contributed by atoms with Gasteiger partial charge < -0.3 is 20.6 Å². The number of urea groups is 1. The lowest BCUT2D eigenvalue weighted by molar-refractivity contribution is -0.136. The third kappa shape index (κ3) is 3.89. The monoisotopic (exact) mass is 243 g/mol. The molecule has 6 heteroatoms. The van der Waals surface area contributed by atoms with Crippen LogP contribution in [-0.4, -0.2) is 59.6 Å². The van der Waals surface area contributed by atoms with Gasteiger partial charge in [0.25, 0.3) is 0 Å². The number of primary amides is 1. The Kier molecular flexibility index (Phi) is 4.74. The number of hydrogen-bond acceptors (Lipinski definition) is 3. The number of carbonyl (C=O) groups excluding carboxylic acids is 2. The molecule has 1 fully saturated rings. The molecule has 0 saturated carbocycles. The largest absolute Gasteiger partial charge is 0.392 e. The summed E-state index contributed by atoms with van der Waals surface area (Å²) >= 11 is 0. The molecule has 0 radical (unpaired) electrons. The highest BCUT2D eigenvalue weighted by atomic mass is 16.3. The Balaban J connectivity index is 2.54. The maximum Gasteiger partial charge on any atom is 0.314 e. The van der Waals surface area contributed by atoms with Gasteiger partial charge in [-0.2, -0.15) is 0 Å². The van der Waals surface area contributed by atoms with Gasteiger partial charge >= 0.3 is 6.03 Å². The van der Waals surface area contributed by atoms with E-state index >= 15 is 0 Å². The first-order chi connectivity index (χ1) is 7.91. The Hall–Kier alpha value is -1.30. The van der Waals surface area contributed by atoms with E-state index in [1.54, 1.807) is 14.0 Å². The summed E-state index contributed by atoms with van der Waals surface area (Å²) in [6, 6.07) is -0.472. The van der Waals surface area contributed by atoms with Crippen LogP contribution in [0.5, 0.6) is 0 Å². The van der Waals surface area contributed by atoms with Crippen molar-refractivity contribution < 1.29 is 14.7 Å². The number of amides is 3. The first kappa shape index (κ1) is 13.8. The maximum atomic E-state index is 12.0. The van der Waals surface area contributed by atoms with Gasteiger partial charge in [-0.25, -0.2) is 4.79 Å². The maximum absolute atomic E-state index is 12.0. The van der Waals surface area contributed by atoms with Crippen molar-refractivity contribution in [2.75, 3.05) is 26.7 Å². The molecule has 0 aromatic rings. The molecule has 2 atom stereocenters. The predicted molar refractivity (Wildman–Crippen MR) is 63.2 cm³/mol. The van der Waals surface area contributed by atoms with Gasteiger partial charge in [-0.05, 0) is 19.8 Å². The average Bonchev–Trinajstić information content (AvgIpc) is 2.27. The number of aliphatic hydroxyl groups is 1. The van der Waals surface area contributed by atoms with Crippen LogP contribution in [0.2, 0.25) is 0 Å². The summed E-state index contributed by atoms with van der Waals surface area (Å²) in [5, 5.41) is 9.23. The highest BCUT2D eigenvalue weighted by Crippen LogP contribution is 2.18. The van der Waals surface area contributed by atoms with E-state index in [0.29, 0.717) is 19.6 Å². The van der Waals surface area contributed by atoms with Crippen LogP contribution in [0.15, 0.2) is 0 Å². The second-order valence-electron chi connectivity index (χ2n) is 4.69. The minimum absolute atomic E-state index is 0.0307. The fourth-order valence-corrected chi connectivity index (χ4v) is 2.18. The van der Waals surface area contributed by atoms with Crippen LogP contribution in [0, 0.1) is 5.92 Å². The molecule has 0 spiro atoms. The summed E-state index contributed by atoms with van der Waals surface area (Å²) in [4.78, 5) is 26.1. The van der Waals surface area contributed by atoms with Crippen molar-refractivity contribution in [1.82, 2.24) is 9.80 Å². The highest BCUT2D eigenvalue weighted by molar-refractivity contribution is 5.80. The van der Waals surface area contributed by atoms with E-state index in [-0.39, 0.29) is 11.8 Å². The lowest BCUT2D eigenvalue weighted by Gasteiger charge is -2.33. The molecule has 1 aliphatic rings. The SMILES string of the molecule is CC(O)CN(C)C(=O)C1CCCN(C(N)=O)C1. The molecule has 98 valence electrons. The van der Waals surface area contributed by atoms with Gasteiger partial charge in [0.15, 0.2) is 0 Å². The minimum atomic E-state index is -0.542. The Morgan fingerprint density at radius 1 is 1.59 bits per heavy atom. The van der Waals surface area contributed by atoms with E-state index in [1.807, 2.05) is 0 Å². The van der Waals surface area contributed by atoms with Crippen LogP contribution >= 0.6 is 0 Å². The number of nitrogens with two attached hydrogens (primary N) is 1. The number of aliphatic hydroxyl groups excluding tert-OH is 1.